The third-order valence-electron chi connectivity index (χ3n) is 3.98. The van der Waals surface area contributed by atoms with Gasteiger partial charge in [-0.1, -0.05) is 18.2 Å². The molecule has 0 saturated carbocycles. The second-order valence-electron chi connectivity index (χ2n) is 5.19. The minimum Gasteiger partial charge on any atom is -0.493 e. The van der Waals surface area contributed by atoms with Crippen LogP contribution >= 0.6 is 0 Å². The average molecular weight is 245 g/mol. The predicted octanol–water partition coefficient (Wildman–Crippen LogP) is 2.26. The van der Waals surface area contributed by atoms with Crippen LogP contribution in [0.1, 0.15) is 37.2 Å². The van der Waals surface area contributed by atoms with E-state index in [2.05, 4.69) is 11.4 Å². The number of Topliss-reactive ketones (excluding diaryl/α,β-unsaturated/α-hetero) is 1. The average Bonchev–Trinajstić information content (AvgIpc) is 2.93. The molecular formula is C15H19NO2. The van der Waals surface area contributed by atoms with Crippen LogP contribution < -0.4 is 10.1 Å². The Balaban J connectivity index is 1.72. The number of nitrogens with one attached hydrogen (secondary N) is 1. The lowest BCUT2D eigenvalue weighted by molar-refractivity contribution is -0.121. The Morgan fingerprint density at radius 1 is 1.33 bits per heavy atom. The molecule has 2 unspecified atom stereocenters. The van der Waals surface area contributed by atoms with Crippen molar-refractivity contribution in [1.82, 2.24) is 5.32 Å². The molecule has 0 radical (unpaired) electrons. The van der Waals surface area contributed by atoms with Gasteiger partial charge >= 0.3 is 0 Å². The molecule has 2 atom stereocenters. The van der Waals surface area contributed by atoms with Gasteiger partial charge in [-0.25, -0.2) is 0 Å². The lowest BCUT2D eigenvalue weighted by Gasteiger charge is -2.26. The van der Waals surface area contributed by atoms with Crippen LogP contribution in [0.15, 0.2) is 24.3 Å². The quantitative estimate of drug-likeness (QED) is 0.887. The van der Waals surface area contributed by atoms with Crippen molar-refractivity contribution < 1.29 is 9.53 Å². The molecule has 1 N–H and O–H groups in total. The SMILES string of the molecule is O=C(CC1CCOc2ccccc21)C1CCCN1. The summed E-state index contributed by atoms with van der Waals surface area (Å²) in [6.45, 7) is 1.72. The van der Waals surface area contributed by atoms with Crippen molar-refractivity contribution in [2.24, 2.45) is 0 Å². The van der Waals surface area contributed by atoms with E-state index in [1.807, 2.05) is 18.2 Å². The van der Waals surface area contributed by atoms with E-state index >= 15 is 0 Å². The molecule has 3 heteroatoms. The standard InChI is InChI=1S/C15H19NO2/c17-14(13-5-3-8-16-13)10-11-7-9-18-15-6-2-1-4-12(11)15/h1-2,4,6,11,13,16H,3,5,7-10H2. The summed E-state index contributed by atoms with van der Waals surface area (Å²) in [4.78, 5) is 12.2. The highest BCUT2D eigenvalue weighted by Gasteiger charge is 2.28. The summed E-state index contributed by atoms with van der Waals surface area (Å²) in [5, 5.41) is 3.29. The summed E-state index contributed by atoms with van der Waals surface area (Å²) in [6.07, 6.45) is 3.73. The number of carbonyl (C=O) groups excluding carboxylic acids is 1. The first kappa shape index (κ1) is 11.7. The first-order valence-corrected chi connectivity index (χ1v) is 6.82. The maximum Gasteiger partial charge on any atom is 0.150 e. The van der Waals surface area contributed by atoms with Gasteiger partial charge in [0, 0.05) is 6.42 Å². The van der Waals surface area contributed by atoms with Crippen molar-refractivity contribution in [3.8, 4) is 5.75 Å². The van der Waals surface area contributed by atoms with E-state index in [1.54, 1.807) is 0 Å². The number of hydrogen-bond acceptors (Lipinski definition) is 3. The van der Waals surface area contributed by atoms with Crippen molar-refractivity contribution in [2.45, 2.75) is 37.6 Å². The van der Waals surface area contributed by atoms with E-state index in [0.29, 0.717) is 18.1 Å². The van der Waals surface area contributed by atoms with Gasteiger partial charge in [-0.15, -0.1) is 0 Å². The summed E-state index contributed by atoms with van der Waals surface area (Å²) in [6, 6.07) is 8.20. The maximum atomic E-state index is 12.2. The van der Waals surface area contributed by atoms with Crippen LogP contribution in [0.5, 0.6) is 5.75 Å². The molecule has 0 aromatic heterocycles. The van der Waals surface area contributed by atoms with E-state index in [1.165, 1.54) is 5.56 Å². The smallest absolute Gasteiger partial charge is 0.150 e. The van der Waals surface area contributed by atoms with Gasteiger partial charge in [0.05, 0.1) is 12.6 Å². The molecule has 3 rings (SSSR count). The largest absolute Gasteiger partial charge is 0.493 e. The number of carbonyl (C=O) groups is 1. The van der Waals surface area contributed by atoms with E-state index in [0.717, 1.165) is 38.2 Å². The number of ketones is 1. The number of benzene rings is 1. The third kappa shape index (κ3) is 2.27. The first-order chi connectivity index (χ1) is 8.84. The fourth-order valence-corrected chi connectivity index (χ4v) is 2.97. The zero-order valence-corrected chi connectivity index (χ0v) is 10.5. The molecule has 1 aromatic rings. The molecule has 0 spiro atoms. The highest BCUT2D eigenvalue weighted by molar-refractivity contribution is 5.85. The van der Waals surface area contributed by atoms with Gasteiger partial charge in [-0.3, -0.25) is 4.79 Å². The van der Waals surface area contributed by atoms with Crippen molar-refractivity contribution in [3.05, 3.63) is 29.8 Å². The normalized spacial score (nSPS) is 26.4. The Morgan fingerprint density at radius 2 is 2.22 bits per heavy atom. The molecule has 18 heavy (non-hydrogen) atoms. The number of ether oxygens (including phenoxy) is 1. The predicted molar refractivity (Wildman–Crippen MR) is 69.9 cm³/mol. The minimum absolute atomic E-state index is 0.0972. The third-order valence-corrected chi connectivity index (χ3v) is 3.98. The van der Waals surface area contributed by atoms with Gasteiger partial charge in [0.25, 0.3) is 0 Å². The molecule has 0 aliphatic carbocycles. The highest BCUT2D eigenvalue weighted by atomic mass is 16.5. The minimum atomic E-state index is 0.0972. The van der Waals surface area contributed by atoms with Gasteiger partial charge in [0.15, 0.2) is 0 Å². The Bertz CT molecular complexity index is 438. The van der Waals surface area contributed by atoms with E-state index in [-0.39, 0.29) is 6.04 Å². The van der Waals surface area contributed by atoms with Crippen LogP contribution in [0.25, 0.3) is 0 Å². The molecule has 2 aliphatic rings. The molecule has 0 bridgehead atoms. The second-order valence-corrected chi connectivity index (χ2v) is 5.19. The first-order valence-electron chi connectivity index (χ1n) is 6.82. The highest BCUT2D eigenvalue weighted by Crippen LogP contribution is 2.35. The van der Waals surface area contributed by atoms with Crippen LogP contribution in [0.3, 0.4) is 0 Å². The number of fused-ring (bicyclic) bond motifs is 1. The van der Waals surface area contributed by atoms with Gasteiger partial charge < -0.3 is 10.1 Å². The lowest BCUT2D eigenvalue weighted by atomic mass is 9.87. The Labute approximate surface area is 108 Å². The van der Waals surface area contributed by atoms with Crippen LogP contribution in [0.2, 0.25) is 0 Å². The maximum absolute atomic E-state index is 12.2. The summed E-state index contributed by atoms with van der Waals surface area (Å²) in [5.41, 5.74) is 1.20. The molecule has 2 aliphatic heterocycles. The molecule has 1 saturated heterocycles. The van der Waals surface area contributed by atoms with Gasteiger partial charge in [0.1, 0.15) is 11.5 Å². The zero-order chi connectivity index (χ0) is 12.4. The van der Waals surface area contributed by atoms with Crippen molar-refractivity contribution >= 4 is 5.78 Å². The zero-order valence-electron chi connectivity index (χ0n) is 10.5. The summed E-state index contributed by atoms with van der Waals surface area (Å²) in [7, 11) is 0. The van der Waals surface area contributed by atoms with Crippen molar-refractivity contribution in [2.75, 3.05) is 13.2 Å². The molecule has 96 valence electrons. The fraction of sp³-hybridized carbons (Fsp3) is 0.533. The van der Waals surface area contributed by atoms with Crippen LogP contribution in [0.4, 0.5) is 0 Å². The van der Waals surface area contributed by atoms with Crippen molar-refractivity contribution in [1.29, 1.82) is 0 Å². The second kappa shape index (κ2) is 5.11. The number of hydrogen-bond donors (Lipinski definition) is 1. The van der Waals surface area contributed by atoms with Crippen LogP contribution in [-0.2, 0) is 4.79 Å². The van der Waals surface area contributed by atoms with E-state index < -0.39 is 0 Å². The molecule has 0 amide bonds. The molecule has 2 heterocycles. The number of para-hydroxylation sites is 1. The Hall–Kier alpha value is -1.35. The molecule has 3 nitrogen and oxygen atoms in total. The Morgan fingerprint density at radius 3 is 3.06 bits per heavy atom. The molecular weight excluding hydrogens is 226 g/mol. The van der Waals surface area contributed by atoms with E-state index in [9.17, 15) is 4.79 Å². The Kier molecular flexibility index (Phi) is 3.33. The summed E-state index contributed by atoms with van der Waals surface area (Å²) < 4.78 is 5.63. The lowest BCUT2D eigenvalue weighted by Crippen LogP contribution is -2.32. The van der Waals surface area contributed by atoms with Gasteiger partial charge in [-0.2, -0.15) is 0 Å². The summed E-state index contributed by atoms with van der Waals surface area (Å²) in [5.74, 6) is 1.67. The molecule has 1 aromatic carbocycles. The van der Waals surface area contributed by atoms with Crippen LogP contribution in [0, 0.1) is 0 Å². The summed E-state index contributed by atoms with van der Waals surface area (Å²) >= 11 is 0. The van der Waals surface area contributed by atoms with E-state index in [4.69, 9.17) is 4.74 Å². The van der Waals surface area contributed by atoms with Gasteiger partial charge in [-0.05, 0) is 43.4 Å². The molecule has 1 fully saturated rings. The van der Waals surface area contributed by atoms with Crippen molar-refractivity contribution in [3.63, 3.8) is 0 Å². The van der Waals surface area contributed by atoms with Crippen LogP contribution in [-0.4, -0.2) is 25.0 Å². The topological polar surface area (TPSA) is 38.3 Å². The number of rotatable bonds is 3. The monoisotopic (exact) mass is 245 g/mol. The fourth-order valence-electron chi connectivity index (χ4n) is 2.97. The van der Waals surface area contributed by atoms with Gasteiger partial charge in [0.2, 0.25) is 0 Å².